The third-order valence-electron chi connectivity index (χ3n) is 3.46. The van der Waals surface area contributed by atoms with Crippen molar-refractivity contribution in [2.24, 2.45) is 0 Å². The highest BCUT2D eigenvalue weighted by atomic mass is 16.5. The number of rotatable bonds is 7. The molecule has 0 saturated carbocycles. The summed E-state index contributed by atoms with van der Waals surface area (Å²) in [6, 6.07) is -0.126. The standard InChI is InChI=1S/C13H26N2O3/c1-12(2)11(10-16)15(13(3,4)14-12)6-7-18-9-8-17-5/h10-11,14H,6-9H2,1-5H3. The quantitative estimate of drug-likeness (QED) is 0.536. The molecule has 0 spiro atoms. The molecule has 1 atom stereocenters. The second-order valence-corrected chi connectivity index (χ2v) is 5.79. The summed E-state index contributed by atoms with van der Waals surface area (Å²) < 4.78 is 10.4. The van der Waals surface area contributed by atoms with Crippen molar-refractivity contribution in [3.8, 4) is 0 Å². The Hall–Kier alpha value is -0.490. The molecule has 0 bridgehead atoms. The van der Waals surface area contributed by atoms with Crippen molar-refractivity contribution >= 4 is 6.29 Å². The van der Waals surface area contributed by atoms with Crippen LogP contribution >= 0.6 is 0 Å². The smallest absolute Gasteiger partial charge is 0.139 e. The normalized spacial score (nSPS) is 26.4. The van der Waals surface area contributed by atoms with Gasteiger partial charge >= 0.3 is 0 Å². The van der Waals surface area contributed by atoms with Crippen molar-refractivity contribution in [3.63, 3.8) is 0 Å². The van der Waals surface area contributed by atoms with Gasteiger partial charge in [0.1, 0.15) is 6.29 Å². The van der Waals surface area contributed by atoms with Gasteiger partial charge in [-0.3, -0.25) is 10.2 Å². The van der Waals surface area contributed by atoms with E-state index >= 15 is 0 Å². The Morgan fingerprint density at radius 1 is 1.22 bits per heavy atom. The number of carbonyl (C=O) groups excluding carboxylic acids is 1. The van der Waals surface area contributed by atoms with Gasteiger partial charge in [-0.25, -0.2) is 0 Å². The molecule has 1 heterocycles. The Morgan fingerprint density at radius 2 is 1.89 bits per heavy atom. The number of aldehydes is 1. The minimum Gasteiger partial charge on any atom is -0.382 e. The number of nitrogens with one attached hydrogen (secondary N) is 1. The van der Waals surface area contributed by atoms with Gasteiger partial charge in [0.15, 0.2) is 0 Å². The summed E-state index contributed by atoms with van der Waals surface area (Å²) in [7, 11) is 1.65. The lowest BCUT2D eigenvalue weighted by atomic mass is 9.97. The summed E-state index contributed by atoms with van der Waals surface area (Å²) in [5.41, 5.74) is -0.405. The number of nitrogens with zero attached hydrogens (tertiary/aromatic N) is 1. The van der Waals surface area contributed by atoms with E-state index in [4.69, 9.17) is 9.47 Å². The van der Waals surface area contributed by atoms with Crippen LogP contribution in [0.15, 0.2) is 0 Å². The minimum atomic E-state index is -0.211. The number of methoxy groups -OCH3 is 1. The molecule has 1 saturated heterocycles. The summed E-state index contributed by atoms with van der Waals surface area (Å²) in [5, 5.41) is 3.49. The minimum absolute atomic E-state index is 0.126. The van der Waals surface area contributed by atoms with Crippen molar-refractivity contribution < 1.29 is 14.3 Å². The molecular formula is C13H26N2O3. The van der Waals surface area contributed by atoms with Gasteiger partial charge in [0.2, 0.25) is 0 Å². The molecule has 1 rings (SSSR count). The molecule has 0 aliphatic carbocycles. The maximum atomic E-state index is 11.3. The predicted molar refractivity (Wildman–Crippen MR) is 70.5 cm³/mol. The lowest BCUT2D eigenvalue weighted by Crippen LogP contribution is -2.49. The van der Waals surface area contributed by atoms with Crippen LogP contribution in [0.1, 0.15) is 27.7 Å². The van der Waals surface area contributed by atoms with Crippen LogP contribution in [0.25, 0.3) is 0 Å². The van der Waals surface area contributed by atoms with Gasteiger partial charge in [0, 0.05) is 19.2 Å². The van der Waals surface area contributed by atoms with Crippen LogP contribution in [0.5, 0.6) is 0 Å². The summed E-state index contributed by atoms with van der Waals surface area (Å²) in [6.45, 7) is 10.8. The molecular weight excluding hydrogens is 232 g/mol. The van der Waals surface area contributed by atoms with Crippen molar-refractivity contribution in [2.75, 3.05) is 33.5 Å². The molecule has 0 radical (unpaired) electrons. The first-order chi connectivity index (χ1) is 8.35. The van der Waals surface area contributed by atoms with Crippen LogP contribution in [0, 0.1) is 0 Å². The third-order valence-corrected chi connectivity index (χ3v) is 3.46. The largest absolute Gasteiger partial charge is 0.382 e. The van der Waals surface area contributed by atoms with Gasteiger partial charge in [-0.15, -0.1) is 0 Å². The lowest BCUT2D eigenvalue weighted by molar-refractivity contribution is -0.114. The van der Waals surface area contributed by atoms with Crippen molar-refractivity contribution in [1.29, 1.82) is 0 Å². The molecule has 1 fully saturated rings. The zero-order valence-electron chi connectivity index (χ0n) is 12.2. The molecule has 5 heteroatoms. The SMILES string of the molecule is COCCOCCN1C(C=O)C(C)(C)NC1(C)C. The molecule has 0 aromatic rings. The van der Waals surface area contributed by atoms with E-state index in [1.807, 2.05) is 0 Å². The Balaban J connectivity index is 2.53. The molecule has 1 unspecified atom stereocenters. The van der Waals surface area contributed by atoms with Crippen LogP contribution < -0.4 is 5.32 Å². The van der Waals surface area contributed by atoms with E-state index in [1.165, 1.54) is 0 Å². The Morgan fingerprint density at radius 3 is 2.44 bits per heavy atom. The summed E-state index contributed by atoms with van der Waals surface area (Å²) in [4.78, 5) is 13.5. The molecule has 0 amide bonds. The van der Waals surface area contributed by atoms with Crippen LogP contribution in [0.4, 0.5) is 0 Å². The van der Waals surface area contributed by atoms with E-state index in [0.29, 0.717) is 19.8 Å². The fourth-order valence-corrected chi connectivity index (χ4v) is 2.74. The van der Waals surface area contributed by atoms with Crippen LogP contribution in [0.3, 0.4) is 0 Å². The van der Waals surface area contributed by atoms with E-state index in [2.05, 4.69) is 37.9 Å². The Bertz CT molecular complexity index is 279. The predicted octanol–water partition coefficient (Wildman–Crippen LogP) is 0.637. The van der Waals surface area contributed by atoms with E-state index in [1.54, 1.807) is 7.11 Å². The highest BCUT2D eigenvalue weighted by molar-refractivity contribution is 5.61. The average Bonchev–Trinajstić information content (AvgIpc) is 2.42. The fourth-order valence-electron chi connectivity index (χ4n) is 2.74. The van der Waals surface area contributed by atoms with E-state index in [-0.39, 0.29) is 17.2 Å². The van der Waals surface area contributed by atoms with Gasteiger partial charge in [0.25, 0.3) is 0 Å². The van der Waals surface area contributed by atoms with Gasteiger partial charge < -0.3 is 14.3 Å². The summed E-state index contributed by atoms with van der Waals surface area (Å²) in [5.74, 6) is 0. The molecule has 1 aliphatic heterocycles. The van der Waals surface area contributed by atoms with Crippen LogP contribution in [0.2, 0.25) is 0 Å². The molecule has 0 aromatic carbocycles. The van der Waals surface area contributed by atoms with Gasteiger partial charge in [0.05, 0.1) is 31.5 Å². The lowest BCUT2D eigenvalue weighted by Gasteiger charge is -2.33. The maximum Gasteiger partial charge on any atom is 0.139 e. The fraction of sp³-hybridized carbons (Fsp3) is 0.923. The molecule has 106 valence electrons. The molecule has 1 aliphatic rings. The zero-order valence-corrected chi connectivity index (χ0v) is 12.2. The van der Waals surface area contributed by atoms with Crippen LogP contribution in [-0.2, 0) is 14.3 Å². The van der Waals surface area contributed by atoms with Gasteiger partial charge in [-0.1, -0.05) is 0 Å². The Kier molecular flexibility index (Phi) is 5.28. The molecule has 5 nitrogen and oxygen atoms in total. The van der Waals surface area contributed by atoms with Crippen LogP contribution in [-0.4, -0.2) is 61.9 Å². The maximum absolute atomic E-state index is 11.3. The van der Waals surface area contributed by atoms with Gasteiger partial charge in [-0.2, -0.15) is 0 Å². The zero-order chi connectivity index (χ0) is 13.8. The number of ether oxygens (including phenoxy) is 2. The topological polar surface area (TPSA) is 50.8 Å². The highest BCUT2D eigenvalue weighted by Gasteiger charge is 2.49. The first-order valence-corrected chi connectivity index (χ1v) is 6.43. The second-order valence-electron chi connectivity index (χ2n) is 5.79. The molecule has 0 aromatic heterocycles. The van der Waals surface area contributed by atoms with Gasteiger partial charge in [-0.05, 0) is 27.7 Å². The first kappa shape index (κ1) is 15.6. The summed E-state index contributed by atoms with van der Waals surface area (Å²) >= 11 is 0. The highest BCUT2D eigenvalue weighted by Crippen LogP contribution is 2.31. The Labute approximate surface area is 110 Å². The number of hydrogen-bond acceptors (Lipinski definition) is 5. The van der Waals surface area contributed by atoms with Crippen molar-refractivity contribution in [3.05, 3.63) is 0 Å². The average molecular weight is 258 g/mol. The second kappa shape index (κ2) is 6.10. The van der Waals surface area contributed by atoms with E-state index in [0.717, 1.165) is 12.8 Å². The first-order valence-electron chi connectivity index (χ1n) is 6.43. The number of hydrogen-bond donors (Lipinski definition) is 1. The number of carbonyl (C=O) groups is 1. The third kappa shape index (κ3) is 3.51. The van der Waals surface area contributed by atoms with E-state index < -0.39 is 0 Å². The van der Waals surface area contributed by atoms with E-state index in [9.17, 15) is 4.79 Å². The molecule has 18 heavy (non-hydrogen) atoms. The van der Waals surface area contributed by atoms with Crippen molar-refractivity contribution in [2.45, 2.75) is 44.9 Å². The summed E-state index contributed by atoms with van der Waals surface area (Å²) in [6.07, 6.45) is 1.02. The monoisotopic (exact) mass is 258 g/mol. The van der Waals surface area contributed by atoms with Crippen molar-refractivity contribution in [1.82, 2.24) is 10.2 Å². The molecule has 1 N–H and O–H groups in total.